The molecule has 0 saturated heterocycles. The van der Waals surface area contributed by atoms with Gasteiger partial charge >= 0.3 is 12.6 Å². The predicted octanol–water partition coefficient (Wildman–Crippen LogP) is 3.02. The predicted molar refractivity (Wildman–Crippen MR) is 81.3 cm³/mol. The molecule has 1 N–H and O–H groups in total. The van der Waals surface area contributed by atoms with Crippen molar-refractivity contribution in [1.82, 2.24) is 4.31 Å². The van der Waals surface area contributed by atoms with Crippen LogP contribution in [0.15, 0.2) is 53.4 Å². The zero-order valence-corrected chi connectivity index (χ0v) is 13.0. The van der Waals surface area contributed by atoms with Crippen LogP contribution in [0, 0.1) is 0 Å². The summed E-state index contributed by atoms with van der Waals surface area (Å²) in [6.07, 6.45) is 0. The number of amides is 2. The SMILES string of the molecule is O=C1Nc2ccccc2S(=O)(=O)N1Cc1ccccc1OC(F)F. The number of nitrogens with one attached hydrogen (secondary N) is 1. The Kier molecular flexibility index (Phi) is 4.10. The monoisotopic (exact) mass is 354 g/mol. The number of rotatable bonds is 4. The summed E-state index contributed by atoms with van der Waals surface area (Å²) in [6.45, 7) is -3.48. The van der Waals surface area contributed by atoms with E-state index in [-0.39, 0.29) is 21.9 Å². The van der Waals surface area contributed by atoms with Crippen LogP contribution in [0.1, 0.15) is 5.56 Å². The number of fused-ring (bicyclic) bond motifs is 1. The standard InChI is InChI=1S/C15H12F2N2O4S/c16-14(17)23-12-7-3-1-5-10(12)9-19-15(20)18-11-6-2-4-8-13(11)24(19,21)22/h1-8,14H,9H2,(H,18,20). The van der Waals surface area contributed by atoms with Gasteiger partial charge in [0.05, 0.1) is 12.2 Å². The summed E-state index contributed by atoms with van der Waals surface area (Å²) >= 11 is 0. The first kappa shape index (κ1) is 16.2. The van der Waals surface area contributed by atoms with Gasteiger partial charge in [-0.2, -0.15) is 8.78 Å². The summed E-state index contributed by atoms with van der Waals surface area (Å²) in [5.74, 6) is -0.186. The van der Waals surface area contributed by atoms with Crippen LogP contribution in [0.5, 0.6) is 5.75 Å². The van der Waals surface area contributed by atoms with Crippen LogP contribution in [-0.2, 0) is 16.6 Å². The molecule has 1 aliphatic heterocycles. The minimum Gasteiger partial charge on any atom is -0.434 e. The number of hydrogen-bond acceptors (Lipinski definition) is 4. The van der Waals surface area contributed by atoms with E-state index in [0.29, 0.717) is 4.31 Å². The number of anilines is 1. The molecule has 9 heteroatoms. The number of alkyl halides is 2. The van der Waals surface area contributed by atoms with E-state index >= 15 is 0 Å². The lowest BCUT2D eigenvalue weighted by Crippen LogP contribution is -2.43. The molecule has 0 atom stereocenters. The van der Waals surface area contributed by atoms with Crippen molar-refractivity contribution in [2.24, 2.45) is 0 Å². The smallest absolute Gasteiger partial charge is 0.387 e. The molecule has 2 aromatic carbocycles. The van der Waals surface area contributed by atoms with E-state index in [1.807, 2.05) is 0 Å². The zero-order valence-electron chi connectivity index (χ0n) is 12.1. The average molecular weight is 354 g/mol. The number of urea groups is 1. The molecule has 0 fully saturated rings. The Bertz CT molecular complexity index is 887. The molecule has 0 aliphatic carbocycles. The highest BCUT2D eigenvalue weighted by molar-refractivity contribution is 7.90. The van der Waals surface area contributed by atoms with Crippen molar-refractivity contribution in [1.29, 1.82) is 0 Å². The highest BCUT2D eigenvalue weighted by Gasteiger charge is 2.36. The molecule has 0 radical (unpaired) electrons. The minimum absolute atomic E-state index is 0.0585. The number of carbonyl (C=O) groups is 1. The Morgan fingerprint density at radius 1 is 1.08 bits per heavy atom. The molecule has 3 rings (SSSR count). The average Bonchev–Trinajstić information content (AvgIpc) is 2.52. The number of nitrogens with zero attached hydrogens (tertiary/aromatic N) is 1. The zero-order chi connectivity index (χ0) is 17.3. The maximum atomic E-state index is 12.6. The van der Waals surface area contributed by atoms with Gasteiger partial charge < -0.3 is 10.1 Å². The third-order valence-electron chi connectivity index (χ3n) is 3.43. The highest BCUT2D eigenvalue weighted by atomic mass is 32.2. The van der Waals surface area contributed by atoms with E-state index in [1.54, 1.807) is 6.07 Å². The van der Waals surface area contributed by atoms with Crippen LogP contribution in [0.25, 0.3) is 0 Å². The molecule has 0 unspecified atom stereocenters. The van der Waals surface area contributed by atoms with Gasteiger partial charge in [-0.1, -0.05) is 30.3 Å². The van der Waals surface area contributed by atoms with Gasteiger partial charge in [0.2, 0.25) is 0 Å². The van der Waals surface area contributed by atoms with Gasteiger partial charge in [0.15, 0.2) is 0 Å². The van der Waals surface area contributed by atoms with E-state index < -0.39 is 29.2 Å². The van der Waals surface area contributed by atoms with Crippen LogP contribution < -0.4 is 10.1 Å². The Hall–Kier alpha value is -2.68. The van der Waals surface area contributed by atoms with Crippen LogP contribution in [0.3, 0.4) is 0 Å². The second-order valence-corrected chi connectivity index (χ2v) is 6.75. The van der Waals surface area contributed by atoms with Crippen LogP contribution in [0.4, 0.5) is 19.3 Å². The summed E-state index contributed by atoms with van der Waals surface area (Å²) in [7, 11) is -4.10. The molecular formula is C15H12F2N2O4S. The van der Waals surface area contributed by atoms with E-state index in [1.165, 1.54) is 42.5 Å². The fourth-order valence-corrected chi connectivity index (χ4v) is 3.82. The summed E-state index contributed by atoms with van der Waals surface area (Å²) in [5.41, 5.74) is 0.326. The van der Waals surface area contributed by atoms with E-state index in [0.717, 1.165) is 0 Å². The third-order valence-corrected chi connectivity index (χ3v) is 5.21. The Morgan fingerprint density at radius 2 is 1.75 bits per heavy atom. The van der Waals surface area contributed by atoms with Crippen molar-refractivity contribution in [3.05, 3.63) is 54.1 Å². The Balaban J connectivity index is 1.98. The summed E-state index contributed by atoms with van der Waals surface area (Å²) in [6, 6.07) is 10.8. The molecular weight excluding hydrogens is 342 g/mol. The summed E-state index contributed by atoms with van der Waals surface area (Å²) in [5, 5.41) is 2.46. The van der Waals surface area contributed by atoms with Gasteiger partial charge in [-0.05, 0) is 18.2 Å². The summed E-state index contributed by atoms with van der Waals surface area (Å²) < 4.78 is 55.2. The van der Waals surface area contributed by atoms with Crippen molar-refractivity contribution in [2.75, 3.05) is 5.32 Å². The van der Waals surface area contributed by atoms with Gasteiger partial charge in [-0.25, -0.2) is 17.5 Å². The van der Waals surface area contributed by atoms with Crippen LogP contribution >= 0.6 is 0 Å². The third kappa shape index (κ3) is 2.90. The lowest BCUT2D eigenvalue weighted by Gasteiger charge is -2.29. The van der Waals surface area contributed by atoms with Gasteiger partial charge in [-0.15, -0.1) is 0 Å². The molecule has 1 aliphatic rings. The number of hydrogen-bond donors (Lipinski definition) is 1. The van der Waals surface area contributed by atoms with Crippen molar-refractivity contribution in [3.8, 4) is 5.75 Å². The fraction of sp³-hybridized carbons (Fsp3) is 0.133. The van der Waals surface area contributed by atoms with E-state index in [2.05, 4.69) is 10.1 Å². The van der Waals surface area contributed by atoms with Crippen molar-refractivity contribution < 1.29 is 26.7 Å². The Labute approximate surface area is 136 Å². The topological polar surface area (TPSA) is 75.7 Å². The van der Waals surface area contributed by atoms with Gasteiger partial charge in [0, 0.05) is 5.56 Å². The molecule has 0 saturated carbocycles. The normalized spacial score (nSPS) is 15.8. The molecule has 0 aromatic heterocycles. The van der Waals surface area contributed by atoms with Crippen LogP contribution in [-0.4, -0.2) is 25.4 Å². The molecule has 1 heterocycles. The van der Waals surface area contributed by atoms with E-state index in [9.17, 15) is 22.0 Å². The maximum Gasteiger partial charge on any atom is 0.387 e. The molecule has 24 heavy (non-hydrogen) atoms. The van der Waals surface area contributed by atoms with Gasteiger partial charge in [0.25, 0.3) is 10.0 Å². The summed E-state index contributed by atoms with van der Waals surface area (Å²) in [4.78, 5) is 12.1. The van der Waals surface area contributed by atoms with Gasteiger partial charge in [-0.3, -0.25) is 0 Å². The van der Waals surface area contributed by atoms with Crippen molar-refractivity contribution in [2.45, 2.75) is 18.1 Å². The quantitative estimate of drug-likeness (QED) is 0.916. The van der Waals surface area contributed by atoms with Crippen molar-refractivity contribution in [3.63, 3.8) is 0 Å². The Morgan fingerprint density at radius 3 is 2.50 bits per heavy atom. The number of carbonyl (C=O) groups excluding carboxylic acids is 1. The fourth-order valence-electron chi connectivity index (χ4n) is 2.36. The molecule has 126 valence electrons. The highest BCUT2D eigenvalue weighted by Crippen LogP contribution is 2.32. The number of halogens is 2. The first-order valence-electron chi connectivity index (χ1n) is 6.85. The largest absolute Gasteiger partial charge is 0.434 e. The number of para-hydroxylation sites is 2. The number of sulfonamides is 1. The first-order valence-corrected chi connectivity index (χ1v) is 8.29. The van der Waals surface area contributed by atoms with Gasteiger partial charge in [0.1, 0.15) is 10.6 Å². The molecule has 2 aromatic rings. The van der Waals surface area contributed by atoms with Crippen LogP contribution in [0.2, 0.25) is 0 Å². The molecule has 6 nitrogen and oxygen atoms in total. The number of benzene rings is 2. The lowest BCUT2D eigenvalue weighted by molar-refractivity contribution is -0.0505. The lowest BCUT2D eigenvalue weighted by atomic mass is 10.2. The number of ether oxygens (including phenoxy) is 1. The second-order valence-electron chi connectivity index (χ2n) is 4.92. The molecule has 0 spiro atoms. The molecule has 0 bridgehead atoms. The van der Waals surface area contributed by atoms with E-state index in [4.69, 9.17) is 0 Å². The maximum absolute atomic E-state index is 12.6. The van der Waals surface area contributed by atoms with Crippen molar-refractivity contribution >= 4 is 21.7 Å². The first-order chi connectivity index (χ1) is 11.4. The minimum atomic E-state index is -4.10. The second kappa shape index (κ2) is 6.08. The molecule has 2 amide bonds.